The smallest absolute Gasteiger partial charge is 0.122 e. The molecule has 0 saturated carbocycles. The molecule has 4 heteroatoms. The first-order chi connectivity index (χ1) is 8.13. The number of benzene rings is 1. The normalized spacial score (nSPS) is 20.4. The highest BCUT2D eigenvalue weighted by molar-refractivity contribution is 6.34. The second kappa shape index (κ2) is 5.05. The molecular weight excluding hydrogens is 236 g/mol. The molecule has 1 atom stereocenters. The van der Waals surface area contributed by atoms with Crippen molar-refractivity contribution < 1.29 is 4.74 Å². The molecule has 1 heterocycles. The first-order valence-electron chi connectivity index (χ1n) is 6.03. The highest BCUT2D eigenvalue weighted by atomic mass is 35.5. The van der Waals surface area contributed by atoms with Gasteiger partial charge in [-0.2, -0.15) is 0 Å². The van der Waals surface area contributed by atoms with Gasteiger partial charge in [-0.1, -0.05) is 11.6 Å². The van der Waals surface area contributed by atoms with E-state index in [9.17, 15) is 0 Å². The molecule has 3 nitrogen and oxygen atoms in total. The van der Waals surface area contributed by atoms with Crippen LogP contribution in [0.5, 0.6) is 5.75 Å². The van der Waals surface area contributed by atoms with E-state index in [0.29, 0.717) is 22.5 Å². The summed E-state index contributed by atoms with van der Waals surface area (Å²) < 4.78 is 5.16. The van der Waals surface area contributed by atoms with Gasteiger partial charge in [0.05, 0.1) is 23.5 Å². The van der Waals surface area contributed by atoms with E-state index in [0.717, 1.165) is 12.2 Å². The number of halogens is 1. The summed E-state index contributed by atoms with van der Waals surface area (Å²) in [5, 5.41) is 0.676. The maximum Gasteiger partial charge on any atom is 0.122 e. The maximum absolute atomic E-state index is 6.31. The van der Waals surface area contributed by atoms with Gasteiger partial charge in [0.1, 0.15) is 5.75 Å². The van der Waals surface area contributed by atoms with E-state index in [-0.39, 0.29) is 0 Å². The Balaban J connectivity index is 2.37. The van der Waals surface area contributed by atoms with Crippen LogP contribution in [-0.4, -0.2) is 19.7 Å². The zero-order valence-corrected chi connectivity index (χ0v) is 11.1. The topological polar surface area (TPSA) is 38.5 Å². The zero-order valence-electron chi connectivity index (χ0n) is 10.4. The van der Waals surface area contributed by atoms with Crippen LogP contribution in [0, 0.1) is 0 Å². The van der Waals surface area contributed by atoms with E-state index in [1.807, 2.05) is 12.1 Å². The van der Waals surface area contributed by atoms with E-state index < -0.39 is 0 Å². The molecule has 17 heavy (non-hydrogen) atoms. The first-order valence-corrected chi connectivity index (χ1v) is 6.41. The molecule has 94 valence electrons. The SMILES string of the molecule is COc1cc(N)c(N2CCCCC2C)c(Cl)c1. The number of nitrogens with zero attached hydrogens (tertiary/aromatic N) is 1. The summed E-state index contributed by atoms with van der Waals surface area (Å²) in [4.78, 5) is 2.31. The Morgan fingerprint density at radius 1 is 1.41 bits per heavy atom. The number of piperidine rings is 1. The van der Waals surface area contributed by atoms with Crippen LogP contribution < -0.4 is 15.4 Å². The van der Waals surface area contributed by atoms with E-state index in [1.165, 1.54) is 19.3 Å². The third-order valence-electron chi connectivity index (χ3n) is 3.39. The fourth-order valence-corrected chi connectivity index (χ4v) is 2.77. The molecule has 1 aromatic carbocycles. The van der Waals surface area contributed by atoms with Gasteiger partial charge in [0.25, 0.3) is 0 Å². The molecule has 1 saturated heterocycles. The second-order valence-electron chi connectivity index (χ2n) is 4.59. The molecule has 1 unspecified atom stereocenters. The van der Waals surface area contributed by atoms with Crippen molar-refractivity contribution in [2.24, 2.45) is 0 Å². The minimum Gasteiger partial charge on any atom is -0.497 e. The molecule has 1 aliphatic rings. The van der Waals surface area contributed by atoms with Gasteiger partial charge in [0, 0.05) is 24.7 Å². The lowest BCUT2D eigenvalue weighted by atomic mass is 10.0. The molecule has 2 rings (SSSR count). The van der Waals surface area contributed by atoms with Crippen LogP contribution in [0.1, 0.15) is 26.2 Å². The fraction of sp³-hybridized carbons (Fsp3) is 0.538. The number of hydrogen-bond acceptors (Lipinski definition) is 3. The lowest BCUT2D eigenvalue weighted by molar-refractivity contribution is 0.415. The standard InChI is InChI=1S/C13H19ClN2O/c1-9-5-3-4-6-16(9)13-11(14)7-10(17-2)8-12(13)15/h7-9H,3-6,15H2,1-2H3. The molecule has 0 spiro atoms. The quantitative estimate of drug-likeness (QED) is 0.823. The Kier molecular flexibility index (Phi) is 3.67. The number of nitrogen functional groups attached to an aromatic ring is 1. The van der Waals surface area contributed by atoms with E-state index in [1.54, 1.807) is 7.11 Å². The first kappa shape index (κ1) is 12.4. The van der Waals surface area contributed by atoms with Crippen molar-refractivity contribution in [1.82, 2.24) is 0 Å². The van der Waals surface area contributed by atoms with Crippen LogP contribution in [0.2, 0.25) is 5.02 Å². The summed E-state index contributed by atoms with van der Waals surface area (Å²) in [7, 11) is 1.62. The van der Waals surface area contributed by atoms with Crippen molar-refractivity contribution in [2.75, 3.05) is 24.3 Å². The lowest BCUT2D eigenvalue weighted by Crippen LogP contribution is -2.38. The fourth-order valence-electron chi connectivity index (χ4n) is 2.45. The van der Waals surface area contributed by atoms with Crippen molar-refractivity contribution in [2.45, 2.75) is 32.2 Å². The van der Waals surface area contributed by atoms with Crippen molar-refractivity contribution >= 4 is 23.0 Å². The van der Waals surface area contributed by atoms with Crippen LogP contribution >= 0.6 is 11.6 Å². The van der Waals surface area contributed by atoms with E-state index in [2.05, 4.69) is 11.8 Å². The number of hydrogen-bond donors (Lipinski definition) is 1. The summed E-state index contributed by atoms with van der Waals surface area (Å²) in [6, 6.07) is 4.16. The number of rotatable bonds is 2. The van der Waals surface area contributed by atoms with Crippen molar-refractivity contribution in [3.63, 3.8) is 0 Å². The van der Waals surface area contributed by atoms with Gasteiger partial charge in [-0.3, -0.25) is 0 Å². The predicted octanol–water partition coefficient (Wildman–Crippen LogP) is 3.31. The minimum atomic E-state index is 0.497. The lowest BCUT2D eigenvalue weighted by Gasteiger charge is -2.36. The number of nitrogens with two attached hydrogens (primary N) is 1. The summed E-state index contributed by atoms with van der Waals surface area (Å²) in [6.45, 7) is 3.25. The van der Waals surface area contributed by atoms with Gasteiger partial charge < -0.3 is 15.4 Å². The Morgan fingerprint density at radius 2 is 2.18 bits per heavy atom. The van der Waals surface area contributed by atoms with Crippen molar-refractivity contribution in [1.29, 1.82) is 0 Å². The van der Waals surface area contributed by atoms with Crippen LogP contribution in [0.15, 0.2) is 12.1 Å². The Bertz CT molecular complexity index is 385. The molecule has 0 radical (unpaired) electrons. The summed E-state index contributed by atoms with van der Waals surface area (Å²) >= 11 is 6.31. The van der Waals surface area contributed by atoms with Crippen LogP contribution in [0.25, 0.3) is 0 Å². The monoisotopic (exact) mass is 254 g/mol. The molecule has 0 bridgehead atoms. The van der Waals surface area contributed by atoms with Crippen molar-refractivity contribution in [3.05, 3.63) is 17.2 Å². The van der Waals surface area contributed by atoms with Gasteiger partial charge >= 0.3 is 0 Å². The molecule has 1 aromatic rings. The molecule has 1 fully saturated rings. The predicted molar refractivity (Wildman–Crippen MR) is 73.1 cm³/mol. The molecule has 0 amide bonds. The van der Waals surface area contributed by atoms with Gasteiger partial charge in [-0.05, 0) is 26.2 Å². The second-order valence-corrected chi connectivity index (χ2v) is 4.99. The zero-order chi connectivity index (χ0) is 12.4. The molecule has 1 aliphatic heterocycles. The summed E-state index contributed by atoms with van der Waals surface area (Å²) in [5.74, 6) is 0.709. The van der Waals surface area contributed by atoms with Crippen LogP contribution in [0.4, 0.5) is 11.4 Å². The molecule has 0 aromatic heterocycles. The van der Waals surface area contributed by atoms with E-state index >= 15 is 0 Å². The molecular formula is C13H19ClN2O. The van der Waals surface area contributed by atoms with E-state index in [4.69, 9.17) is 22.1 Å². The molecule has 0 aliphatic carbocycles. The van der Waals surface area contributed by atoms with Gasteiger partial charge in [0.15, 0.2) is 0 Å². The van der Waals surface area contributed by atoms with Crippen LogP contribution in [0.3, 0.4) is 0 Å². The van der Waals surface area contributed by atoms with Gasteiger partial charge in [-0.25, -0.2) is 0 Å². The third-order valence-corrected chi connectivity index (χ3v) is 3.68. The summed E-state index contributed by atoms with van der Waals surface area (Å²) in [6.07, 6.45) is 3.68. The third kappa shape index (κ3) is 2.44. The highest BCUT2D eigenvalue weighted by Crippen LogP contribution is 2.38. The average Bonchev–Trinajstić information content (AvgIpc) is 2.30. The number of methoxy groups -OCH3 is 1. The van der Waals surface area contributed by atoms with Gasteiger partial charge in [-0.15, -0.1) is 0 Å². The van der Waals surface area contributed by atoms with Gasteiger partial charge in [0.2, 0.25) is 0 Å². The Hall–Kier alpha value is -1.09. The summed E-state index contributed by atoms with van der Waals surface area (Å²) in [5.41, 5.74) is 7.74. The largest absolute Gasteiger partial charge is 0.497 e. The Labute approximate surface area is 107 Å². The minimum absolute atomic E-state index is 0.497. The molecule has 2 N–H and O–H groups in total. The Morgan fingerprint density at radius 3 is 2.76 bits per heavy atom. The van der Waals surface area contributed by atoms with Crippen molar-refractivity contribution in [3.8, 4) is 5.75 Å². The number of anilines is 2. The maximum atomic E-state index is 6.31. The highest BCUT2D eigenvalue weighted by Gasteiger charge is 2.23. The number of ether oxygens (including phenoxy) is 1. The van der Waals surface area contributed by atoms with Crippen LogP contribution in [-0.2, 0) is 0 Å². The average molecular weight is 255 g/mol.